The number of aromatic nitrogens is 3. The van der Waals surface area contributed by atoms with Crippen molar-refractivity contribution in [3.05, 3.63) is 193 Å². The summed E-state index contributed by atoms with van der Waals surface area (Å²) in [6.07, 6.45) is 0. The third-order valence-corrected chi connectivity index (χ3v) is 11.0. The smallest absolute Gasteiger partial charge is 0.189 e. The predicted molar refractivity (Wildman–Crippen MR) is 226 cm³/mol. The van der Waals surface area contributed by atoms with Gasteiger partial charge >= 0.3 is 0 Å². The first-order valence-electron chi connectivity index (χ1n) is 18.3. The summed E-state index contributed by atoms with van der Waals surface area (Å²) < 4.78 is 6.88. The molecule has 0 atom stereocenters. The van der Waals surface area contributed by atoms with Crippen LogP contribution in [-0.4, -0.2) is 13.7 Å². The van der Waals surface area contributed by atoms with E-state index >= 15 is 0 Å². The minimum absolute atomic E-state index is 0.587. The van der Waals surface area contributed by atoms with E-state index in [1.807, 2.05) is 30.3 Å². The number of nitriles is 1. The molecule has 0 aliphatic heterocycles. The molecule has 0 radical (unpaired) electrons. The van der Waals surface area contributed by atoms with E-state index in [2.05, 4.69) is 170 Å². The largest absolute Gasteiger partial charge is 0.310 e. The van der Waals surface area contributed by atoms with Crippen LogP contribution in [0, 0.1) is 17.9 Å². The van der Waals surface area contributed by atoms with E-state index in [0.29, 0.717) is 11.3 Å². The Morgan fingerprint density at radius 3 is 1.51 bits per heavy atom. The Kier molecular flexibility index (Phi) is 6.61. The van der Waals surface area contributed by atoms with Crippen molar-refractivity contribution in [2.24, 2.45) is 0 Å². The lowest BCUT2D eigenvalue weighted by atomic mass is 10.0. The summed E-state index contributed by atoms with van der Waals surface area (Å²) in [4.78, 5) is 3.73. The van der Waals surface area contributed by atoms with Gasteiger partial charge in [0.2, 0.25) is 0 Å². The molecular weight excluding hydrogens is 671 g/mol. The predicted octanol–water partition coefficient (Wildman–Crippen LogP) is 13.1. The normalized spacial score (nSPS) is 11.6. The average Bonchev–Trinajstić information content (AvgIpc) is 3.88. The summed E-state index contributed by atoms with van der Waals surface area (Å²) in [5.41, 5.74) is 12.7. The number of nitrogens with zero attached hydrogens (tertiary/aromatic N) is 5. The molecule has 3 heterocycles. The van der Waals surface area contributed by atoms with Gasteiger partial charge in [-0.05, 0) is 90.0 Å². The number of benzene rings is 8. The molecular formula is C50H29N5. The lowest BCUT2D eigenvalue weighted by Gasteiger charge is -2.14. The highest BCUT2D eigenvalue weighted by Gasteiger charge is 2.18. The van der Waals surface area contributed by atoms with Crippen LogP contribution in [0.15, 0.2) is 176 Å². The lowest BCUT2D eigenvalue weighted by Crippen LogP contribution is -1.98. The fraction of sp³-hybridized carbons (Fsp3) is 0. The van der Waals surface area contributed by atoms with E-state index in [-0.39, 0.29) is 0 Å². The van der Waals surface area contributed by atoms with Crippen molar-refractivity contribution in [1.82, 2.24) is 13.7 Å². The highest BCUT2D eigenvalue weighted by Crippen LogP contribution is 2.39. The van der Waals surface area contributed by atoms with E-state index < -0.39 is 0 Å². The Bertz CT molecular complexity index is 3420. The molecule has 11 rings (SSSR count). The number of hydrogen-bond acceptors (Lipinski definition) is 1. The van der Waals surface area contributed by atoms with Gasteiger partial charge in [0.1, 0.15) is 0 Å². The molecule has 8 aromatic carbocycles. The van der Waals surface area contributed by atoms with Gasteiger partial charge in [0, 0.05) is 54.9 Å². The summed E-state index contributed by atoms with van der Waals surface area (Å²) in [5, 5.41) is 17.4. The van der Waals surface area contributed by atoms with Crippen LogP contribution >= 0.6 is 0 Å². The maximum absolute atomic E-state index is 10.4. The third-order valence-electron chi connectivity index (χ3n) is 11.0. The van der Waals surface area contributed by atoms with Crippen molar-refractivity contribution in [3.8, 4) is 34.3 Å². The van der Waals surface area contributed by atoms with Gasteiger partial charge < -0.3 is 13.7 Å². The highest BCUT2D eigenvalue weighted by molar-refractivity contribution is 6.13. The van der Waals surface area contributed by atoms with E-state index in [9.17, 15) is 5.26 Å². The van der Waals surface area contributed by atoms with Gasteiger partial charge in [0.05, 0.1) is 45.8 Å². The van der Waals surface area contributed by atoms with E-state index in [1.54, 1.807) is 0 Å². The summed E-state index contributed by atoms with van der Waals surface area (Å²) in [5.74, 6) is 0. The van der Waals surface area contributed by atoms with Crippen molar-refractivity contribution >= 4 is 71.1 Å². The number of hydrogen-bond donors (Lipinski definition) is 0. The maximum Gasteiger partial charge on any atom is 0.189 e. The maximum atomic E-state index is 10.4. The van der Waals surface area contributed by atoms with Crippen LogP contribution in [0.25, 0.3) is 98.5 Å². The molecule has 0 amide bonds. The summed E-state index contributed by atoms with van der Waals surface area (Å²) in [7, 11) is 0. The van der Waals surface area contributed by atoms with Crippen molar-refractivity contribution in [1.29, 1.82) is 5.26 Å². The second kappa shape index (κ2) is 11.8. The van der Waals surface area contributed by atoms with Gasteiger partial charge in [-0.3, -0.25) is 0 Å². The fourth-order valence-corrected chi connectivity index (χ4v) is 8.68. The van der Waals surface area contributed by atoms with E-state index in [4.69, 9.17) is 6.57 Å². The van der Waals surface area contributed by atoms with Crippen molar-refractivity contribution in [2.45, 2.75) is 0 Å². The van der Waals surface area contributed by atoms with Crippen LogP contribution in [0.4, 0.5) is 5.69 Å². The summed E-state index contributed by atoms with van der Waals surface area (Å²) in [6.45, 7) is 7.68. The molecule has 0 saturated heterocycles. The van der Waals surface area contributed by atoms with Gasteiger partial charge in [0.15, 0.2) is 5.69 Å². The monoisotopic (exact) mass is 699 g/mol. The molecule has 254 valence electrons. The Morgan fingerprint density at radius 2 is 0.891 bits per heavy atom. The molecule has 0 spiro atoms. The van der Waals surface area contributed by atoms with Gasteiger partial charge in [-0.25, -0.2) is 4.85 Å². The minimum atomic E-state index is 0.587. The van der Waals surface area contributed by atoms with Crippen LogP contribution in [0.2, 0.25) is 0 Å². The summed E-state index contributed by atoms with van der Waals surface area (Å²) >= 11 is 0. The molecule has 0 aliphatic carbocycles. The second-order valence-corrected chi connectivity index (χ2v) is 14.0. The van der Waals surface area contributed by atoms with E-state index in [1.165, 1.54) is 21.8 Å². The number of fused-ring (bicyclic) bond motifs is 9. The topological polar surface area (TPSA) is 42.9 Å². The molecule has 3 aromatic heterocycles. The van der Waals surface area contributed by atoms with Crippen molar-refractivity contribution in [3.63, 3.8) is 0 Å². The van der Waals surface area contributed by atoms with Crippen LogP contribution in [-0.2, 0) is 0 Å². The molecule has 0 aliphatic rings. The zero-order valence-corrected chi connectivity index (χ0v) is 29.5. The Hall–Kier alpha value is -7.86. The van der Waals surface area contributed by atoms with E-state index in [0.717, 1.165) is 71.8 Å². The average molecular weight is 700 g/mol. The Labute approximate surface area is 316 Å². The van der Waals surface area contributed by atoms with Gasteiger partial charge in [0.25, 0.3) is 0 Å². The lowest BCUT2D eigenvalue weighted by molar-refractivity contribution is 1.16. The molecule has 0 bridgehead atoms. The van der Waals surface area contributed by atoms with Gasteiger partial charge in [-0.2, -0.15) is 5.26 Å². The molecule has 5 heteroatoms. The molecule has 11 aromatic rings. The first-order chi connectivity index (χ1) is 27.2. The molecule has 55 heavy (non-hydrogen) atoms. The minimum Gasteiger partial charge on any atom is -0.310 e. The first kappa shape index (κ1) is 30.7. The Morgan fingerprint density at radius 1 is 0.382 bits per heavy atom. The fourth-order valence-electron chi connectivity index (χ4n) is 8.68. The summed E-state index contributed by atoms with van der Waals surface area (Å²) in [6, 6.07) is 63.8. The second-order valence-electron chi connectivity index (χ2n) is 14.0. The first-order valence-corrected chi connectivity index (χ1v) is 18.3. The zero-order valence-electron chi connectivity index (χ0n) is 29.5. The van der Waals surface area contributed by atoms with Gasteiger partial charge in [-0.1, -0.05) is 97.1 Å². The molecule has 0 N–H and O–H groups in total. The quantitative estimate of drug-likeness (QED) is 0.169. The van der Waals surface area contributed by atoms with Crippen molar-refractivity contribution < 1.29 is 0 Å². The molecule has 5 nitrogen and oxygen atoms in total. The van der Waals surface area contributed by atoms with Gasteiger partial charge in [-0.15, -0.1) is 0 Å². The van der Waals surface area contributed by atoms with Crippen LogP contribution < -0.4 is 0 Å². The SMILES string of the molecule is [C-]#[N+]c1ccc2c3ccccc3n(-c3cccc(-c4cc(C#N)cc(-n5c6ccccc6c6cc(-n7c8ccccc8c8ccccc87)ccc65)c4)c3)c2c1. The molecule has 0 fully saturated rings. The van der Waals surface area contributed by atoms with Crippen LogP contribution in [0.5, 0.6) is 0 Å². The van der Waals surface area contributed by atoms with Crippen molar-refractivity contribution in [2.75, 3.05) is 0 Å². The standard InChI is InChI=1S/C50H29N5/c1-52-35-21-23-43-41-15-4-8-19-47(41)54(50(43)29-35)36-12-10-11-33(27-36)34-25-32(31-51)26-38(28-34)55-48-20-9-5-16-42(48)44-30-37(22-24-49(44)55)53-45-17-6-2-13-39(45)40-14-3-7-18-46(40)53/h2-30H. The number of para-hydroxylation sites is 4. The highest BCUT2D eigenvalue weighted by atomic mass is 15.0. The molecule has 0 unspecified atom stereocenters. The Balaban J connectivity index is 1.10. The van der Waals surface area contributed by atoms with Crippen LogP contribution in [0.1, 0.15) is 5.56 Å². The molecule has 0 saturated carbocycles. The number of rotatable bonds is 4. The zero-order chi connectivity index (χ0) is 36.6. The third kappa shape index (κ3) is 4.58. The van der Waals surface area contributed by atoms with Crippen LogP contribution in [0.3, 0.4) is 0 Å².